The third-order valence-electron chi connectivity index (χ3n) is 4.22. The summed E-state index contributed by atoms with van der Waals surface area (Å²) in [6.07, 6.45) is 0. The molecule has 3 aromatic carbocycles. The quantitative estimate of drug-likeness (QED) is 0.495. The van der Waals surface area contributed by atoms with Gasteiger partial charge in [-0.05, 0) is 46.1 Å². The average Bonchev–Trinajstić information content (AvgIpc) is 2.74. The van der Waals surface area contributed by atoms with Crippen LogP contribution in [0.1, 0.15) is 33.1 Å². The Morgan fingerprint density at radius 3 is 2.29 bits per heavy atom. The van der Waals surface area contributed by atoms with Crippen molar-refractivity contribution in [2.75, 3.05) is 7.11 Å². The number of esters is 1. The van der Waals surface area contributed by atoms with Crippen molar-refractivity contribution in [2.24, 2.45) is 5.11 Å². The van der Waals surface area contributed by atoms with Crippen LogP contribution in [-0.2, 0) is 11.3 Å². The number of hydrogen-bond acceptors (Lipinski definition) is 4. The fraction of sp³-hybridized carbons (Fsp3) is 0.136. The van der Waals surface area contributed by atoms with Crippen molar-refractivity contribution in [3.63, 3.8) is 0 Å². The van der Waals surface area contributed by atoms with E-state index in [9.17, 15) is 4.79 Å². The second kappa shape index (κ2) is 9.99. The average molecular weight is 377 g/mol. The Morgan fingerprint density at radius 1 is 0.964 bits per heavy atom. The van der Waals surface area contributed by atoms with E-state index in [1.807, 2.05) is 66.7 Å². The Hall–Kier alpha value is -3.51. The molecule has 0 aliphatic carbocycles. The third-order valence-corrected chi connectivity index (χ3v) is 4.22. The van der Waals surface area contributed by atoms with Crippen LogP contribution in [0.2, 0.25) is 0 Å². The van der Waals surface area contributed by atoms with E-state index in [0.717, 1.165) is 22.4 Å². The molecule has 6 heteroatoms. The van der Waals surface area contributed by atoms with Crippen molar-refractivity contribution in [3.05, 3.63) is 107 Å². The summed E-state index contributed by atoms with van der Waals surface area (Å²) in [7, 11) is 1.36. The third kappa shape index (κ3) is 5.02. The first-order valence-corrected chi connectivity index (χ1v) is 8.56. The zero-order valence-corrected chi connectivity index (χ0v) is 15.6. The van der Waals surface area contributed by atoms with Crippen LogP contribution in [-0.4, -0.2) is 13.1 Å². The molecule has 4 N–H and O–H groups in total. The van der Waals surface area contributed by atoms with Crippen molar-refractivity contribution >= 4 is 5.97 Å². The van der Waals surface area contributed by atoms with Crippen molar-refractivity contribution < 1.29 is 19.8 Å². The molecule has 0 radical (unpaired) electrons. The fourth-order valence-corrected chi connectivity index (χ4v) is 2.80. The molecule has 1 unspecified atom stereocenters. The van der Waals surface area contributed by atoms with Crippen molar-refractivity contribution in [1.29, 1.82) is 0 Å². The summed E-state index contributed by atoms with van der Waals surface area (Å²) in [5.74, 6) is 0.377. The lowest BCUT2D eigenvalue weighted by molar-refractivity contribution is -0.227. The summed E-state index contributed by atoms with van der Waals surface area (Å²) in [6.45, 7) is 0.390. The lowest BCUT2D eigenvalue weighted by atomic mass is 9.99. The molecule has 0 fully saturated rings. The number of hydrogen-bond donors (Lipinski definition) is 1. The molecule has 0 bridgehead atoms. The Balaban J connectivity index is 0.00000280. The van der Waals surface area contributed by atoms with Crippen LogP contribution in [0, 0.1) is 0 Å². The number of rotatable bonds is 7. The van der Waals surface area contributed by atoms with Gasteiger partial charge in [0.25, 0.3) is 0 Å². The van der Waals surface area contributed by atoms with Crippen molar-refractivity contribution in [2.45, 2.75) is 12.6 Å². The lowest BCUT2D eigenvalue weighted by Gasteiger charge is -2.12. The van der Waals surface area contributed by atoms with Crippen LogP contribution in [0.4, 0.5) is 0 Å². The predicted molar refractivity (Wildman–Crippen MR) is 106 cm³/mol. The molecule has 3 rings (SSSR count). The van der Waals surface area contributed by atoms with Crippen LogP contribution >= 0.6 is 0 Å². The van der Waals surface area contributed by atoms with Gasteiger partial charge in [-0.25, -0.2) is 4.79 Å². The van der Waals surface area contributed by atoms with Gasteiger partial charge in [0.15, 0.2) is 6.04 Å². The fourth-order valence-electron chi connectivity index (χ4n) is 2.80. The number of methoxy groups -OCH3 is 1. The maximum Gasteiger partial charge on any atom is 0.337 e. The minimum absolute atomic E-state index is 0. The highest BCUT2D eigenvalue weighted by atomic mass is 16.5. The predicted octanol–water partition coefficient (Wildman–Crippen LogP) is 4.07. The molecule has 144 valence electrons. The molecular weight excluding hydrogens is 354 g/mol. The lowest BCUT2D eigenvalue weighted by Crippen LogP contribution is -2.26. The topological polar surface area (TPSA) is 107 Å². The first-order valence-electron chi connectivity index (χ1n) is 8.56. The Kier molecular flexibility index (Phi) is 7.42. The van der Waals surface area contributed by atoms with E-state index in [-0.39, 0.29) is 18.2 Å². The Bertz CT molecular complexity index is 912. The summed E-state index contributed by atoms with van der Waals surface area (Å²) < 4.78 is 10.6. The largest absolute Gasteiger partial charge is 0.693 e. The molecule has 0 saturated heterocycles. The van der Waals surface area contributed by atoms with Gasteiger partial charge in [-0.1, -0.05) is 54.6 Å². The monoisotopic (exact) mass is 377 g/mol. The minimum Gasteiger partial charge on any atom is -0.693 e. The Morgan fingerprint density at radius 2 is 1.64 bits per heavy atom. The van der Waals surface area contributed by atoms with Crippen LogP contribution in [0.3, 0.4) is 0 Å². The minimum atomic E-state index is -0.354. The summed E-state index contributed by atoms with van der Waals surface area (Å²) in [4.78, 5) is 11.5. The molecule has 3 aromatic rings. The molecule has 0 aromatic heterocycles. The van der Waals surface area contributed by atoms with E-state index in [0.29, 0.717) is 12.2 Å². The first kappa shape index (κ1) is 20.8. The van der Waals surface area contributed by atoms with E-state index in [1.165, 1.54) is 7.11 Å². The van der Waals surface area contributed by atoms with E-state index >= 15 is 0 Å². The molecule has 1 atom stereocenters. The standard InChI is InChI=1S/C22H20N2O3.H2N/c1-26-22(25)18-12-10-16(11-13-18)15-27-20-9-5-8-19(14-20)21(24-23)17-6-3-2-4-7-17;/h2-14,21,23H,15H2,1H3;1H2/q;-1/p+1. The number of carbonyl (C=O) groups is 1. The maximum absolute atomic E-state index is 11.5. The van der Waals surface area contributed by atoms with Crippen molar-refractivity contribution in [1.82, 2.24) is 0 Å². The molecule has 0 saturated carbocycles. The molecular formula is C22H23N3O3. The zero-order valence-electron chi connectivity index (χ0n) is 15.6. The van der Waals surface area contributed by atoms with E-state index in [2.05, 4.69) is 5.11 Å². The van der Waals surface area contributed by atoms with Gasteiger partial charge in [-0.2, -0.15) is 5.53 Å². The van der Waals surface area contributed by atoms with Gasteiger partial charge in [0.1, 0.15) is 12.4 Å². The molecule has 0 amide bonds. The number of nitrogens with two attached hydrogens (primary N) is 2. The molecule has 6 nitrogen and oxygen atoms in total. The van der Waals surface area contributed by atoms with E-state index < -0.39 is 0 Å². The number of carbonyl (C=O) groups excluding carboxylic acids is 1. The summed E-state index contributed by atoms with van der Waals surface area (Å²) >= 11 is 0. The van der Waals surface area contributed by atoms with E-state index in [1.54, 1.807) is 12.1 Å². The van der Waals surface area contributed by atoms with Gasteiger partial charge in [0.2, 0.25) is 0 Å². The normalized spacial score (nSPS) is 11.0. The van der Waals surface area contributed by atoms with Gasteiger partial charge < -0.3 is 15.6 Å². The van der Waals surface area contributed by atoms with Crippen LogP contribution < -0.4 is 10.3 Å². The highest BCUT2D eigenvalue weighted by molar-refractivity contribution is 5.89. The van der Waals surface area contributed by atoms with Gasteiger partial charge in [0.05, 0.1) is 12.7 Å². The van der Waals surface area contributed by atoms with Crippen molar-refractivity contribution in [3.8, 4) is 5.75 Å². The molecule has 0 heterocycles. The van der Waals surface area contributed by atoms with Crippen LogP contribution in [0.15, 0.2) is 84.0 Å². The van der Waals surface area contributed by atoms with E-state index in [4.69, 9.17) is 15.0 Å². The zero-order chi connectivity index (χ0) is 19.1. The number of benzene rings is 3. The van der Waals surface area contributed by atoms with Gasteiger partial charge in [-0.3, -0.25) is 0 Å². The summed E-state index contributed by atoms with van der Waals surface area (Å²) in [5, 5.41) is 4.02. The van der Waals surface area contributed by atoms with Gasteiger partial charge in [-0.15, -0.1) is 0 Å². The Labute approximate surface area is 164 Å². The van der Waals surface area contributed by atoms with Gasteiger partial charge >= 0.3 is 5.97 Å². The summed E-state index contributed by atoms with van der Waals surface area (Å²) in [5.41, 5.74) is 9.10. The molecule has 0 spiro atoms. The number of nitrogens with zero attached hydrogens (tertiary/aromatic N) is 1. The van der Waals surface area contributed by atoms with Gasteiger partial charge in [0, 0.05) is 0 Å². The van der Waals surface area contributed by atoms with Crippen LogP contribution in [0.5, 0.6) is 5.75 Å². The SMILES string of the molecule is COC(=O)c1ccc(COc2cccc(C(N=[NH2+])c3ccccc3)c2)cc1.[NH2-]. The smallest absolute Gasteiger partial charge is 0.337 e. The number of ether oxygens (including phenoxy) is 2. The second-order valence-electron chi connectivity index (χ2n) is 6.01. The second-order valence-corrected chi connectivity index (χ2v) is 6.01. The first-order chi connectivity index (χ1) is 13.2. The van der Waals surface area contributed by atoms with Crippen LogP contribution in [0.25, 0.3) is 6.15 Å². The summed E-state index contributed by atoms with van der Waals surface area (Å²) in [6, 6.07) is 24.5. The molecule has 0 aliphatic rings. The highest BCUT2D eigenvalue weighted by Crippen LogP contribution is 2.27. The maximum atomic E-state index is 11.5. The highest BCUT2D eigenvalue weighted by Gasteiger charge is 2.15. The molecule has 28 heavy (non-hydrogen) atoms. The molecule has 0 aliphatic heterocycles.